The van der Waals surface area contributed by atoms with Gasteiger partial charge >= 0.3 is 0 Å². The lowest BCUT2D eigenvalue weighted by Gasteiger charge is -1.98. The van der Waals surface area contributed by atoms with Crippen LogP contribution < -0.4 is 0 Å². The fourth-order valence-corrected chi connectivity index (χ4v) is 2.21. The normalized spacial score (nSPS) is 11.0. The molecule has 0 bridgehead atoms. The van der Waals surface area contributed by atoms with E-state index in [1.54, 1.807) is 0 Å². The van der Waals surface area contributed by atoms with Crippen molar-refractivity contribution in [1.29, 1.82) is 0 Å². The maximum atomic E-state index is 3.44. The van der Waals surface area contributed by atoms with Crippen molar-refractivity contribution in [2.24, 2.45) is 0 Å². The van der Waals surface area contributed by atoms with Crippen LogP contribution in [0, 0.1) is 0 Å². The molecular weight excluding hydrogens is 352 g/mol. The van der Waals surface area contributed by atoms with Crippen molar-refractivity contribution in [2.75, 3.05) is 0 Å². The zero-order valence-electron chi connectivity index (χ0n) is 9.94. The third-order valence-corrected chi connectivity index (χ3v) is 3.76. The van der Waals surface area contributed by atoms with Crippen LogP contribution in [0.25, 0.3) is 0 Å². The van der Waals surface area contributed by atoms with Gasteiger partial charge in [-0.3, -0.25) is 0 Å². The Morgan fingerprint density at radius 2 is 0.944 bits per heavy atom. The van der Waals surface area contributed by atoms with Crippen LogP contribution in [0.2, 0.25) is 0 Å². The predicted molar refractivity (Wildman–Crippen MR) is 84.8 cm³/mol. The Balaban J connectivity index is 1.85. The summed E-state index contributed by atoms with van der Waals surface area (Å²) >= 11 is 6.88. The molecule has 0 unspecified atom stereocenters. The summed E-state index contributed by atoms with van der Waals surface area (Å²) in [6, 6.07) is 16.9. The molecule has 0 aromatic heterocycles. The van der Waals surface area contributed by atoms with Gasteiger partial charge in [-0.25, -0.2) is 0 Å². The van der Waals surface area contributed by atoms with Gasteiger partial charge < -0.3 is 0 Å². The third kappa shape index (κ3) is 4.43. The first-order chi connectivity index (χ1) is 8.74. The lowest BCUT2D eigenvalue weighted by molar-refractivity contribution is 1.20. The van der Waals surface area contributed by atoms with Gasteiger partial charge in [0.25, 0.3) is 0 Å². The first-order valence-electron chi connectivity index (χ1n) is 5.88. The van der Waals surface area contributed by atoms with Crippen molar-refractivity contribution in [3.63, 3.8) is 0 Å². The van der Waals surface area contributed by atoms with Crippen LogP contribution in [-0.4, -0.2) is 0 Å². The molecule has 2 aromatic rings. The van der Waals surface area contributed by atoms with E-state index in [0.29, 0.717) is 0 Å². The Morgan fingerprint density at radius 1 is 0.611 bits per heavy atom. The summed E-state index contributed by atoms with van der Waals surface area (Å²) in [4.78, 5) is 0. The second-order valence-electron chi connectivity index (χ2n) is 4.13. The molecule has 0 aliphatic carbocycles. The van der Waals surface area contributed by atoms with Crippen LogP contribution in [0.3, 0.4) is 0 Å². The van der Waals surface area contributed by atoms with Crippen LogP contribution in [0.5, 0.6) is 0 Å². The largest absolute Gasteiger partial charge is 0.0838 e. The van der Waals surface area contributed by atoms with E-state index >= 15 is 0 Å². The van der Waals surface area contributed by atoms with Crippen molar-refractivity contribution < 1.29 is 0 Å². The third-order valence-electron chi connectivity index (χ3n) is 2.70. The Kier molecular flexibility index (Phi) is 5.21. The zero-order valence-corrected chi connectivity index (χ0v) is 13.1. The molecule has 0 amide bonds. The molecule has 0 fully saturated rings. The minimum absolute atomic E-state index is 0.990. The number of benzene rings is 2. The van der Waals surface area contributed by atoms with E-state index in [-0.39, 0.29) is 0 Å². The molecule has 18 heavy (non-hydrogen) atoms. The van der Waals surface area contributed by atoms with E-state index in [1.165, 1.54) is 11.1 Å². The molecule has 2 aromatic carbocycles. The van der Waals surface area contributed by atoms with Crippen LogP contribution >= 0.6 is 31.9 Å². The molecule has 0 nitrogen and oxygen atoms in total. The average molecular weight is 366 g/mol. The highest BCUT2D eigenvalue weighted by Gasteiger charge is 1.91. The molecule has 2 heteroatoms. The van der Waals surface area contributed by atoms with Gasteiger partial charge in [0.15, 0.2) is 0 Å². The Hall–Kier alpha value is -0.860. The summed E-state index contributed by atoms with van der Waals surface area (Å²) in [6.07, 6.45) is 6.43. The Bertz CT molecular complexity index is 460. The minimum atomic E-state index is 0.990. The molecule has 0 radical (unpaired) electrons. The zero-order chi connectivity index (χ0) is 12.8. The SMILES string of the molecule is Brc1ccc(C/C=C/Cc2ccc(Br)cc2)cc1. The summed E-state index contributed by atoms with van der Waals surface area (Å²) < 4.78 is 2.26. The van der Waals surface area contributed by atoms with Crippen LogP contribution in [0.15, 0.2) is 69.6 Å². The lowest BCUT2D eigenvalue weighted by Crippen LogP contribution is -1.82. The van der Waals surface area contributed by atoms with Crippen molar-refractivity contribution in [1.82, 2.24) is 0 Å². The van der Waals surface area contributed by atoms with Gasteiger partial charge in [-0.05, 0) is 48.2 Å². The van der Waals surface area contributed by atoms with Crippen molar-refractivity contribution >= 4 is 31.9 Å². The number of rotatable bonds is 4. The molecule has 0 atom stereocenters. The van der Waals surface area contributed by atoms with Gasteiger partial charge in [-0.15, -0.1) is 0 Å². The van der Waals surface area contributed by atoms with Gasteiger partial charge in [0, 0.05) is 8.95 Å². The van der Waals surface area contributed by atoms with E-state index < -0.39 is 0 Å². The van der Waals surface area contributed by atoms with Gasteiger partial charge in [0.1, 0.15) is 0 Å². The average Bonchev–Trinajstić information content (AvgIpc) is 2.39. The standard InChI is InChI=1S/C16H14Br2/c17-15-9-5-13(6-10-15)3-1-2-4-14-7-11-16(18)12-8-14/h1-2,5-12H,3-4H2/b2-1+. The van der Waals surface area contributed by atoms with Crippen LogP contribution in [0.4, 0.5) is 0 Å². The van der Waals surface area contributed by atoms with E-state index in [0.717, 1.165) is 21.8 Å². The lowest BCUT2D eigenvalue weighted by atomic mass is 10.1. The first-order valence-corrected chi connectivity index (χ1v) is 7.46. The van der Waals surface area contributed by atoms with Gasteiger partial charge in [0.05, 0.1) is 0 Å². The number of hydrogen-bond acceptors (Lipinski definition) is 0. The summed E-state index contributed by atoms with van der Waals surface area (Å²) in [6.45, 7) is 0. The molecule has 0 aliphatic rings. The Labute approximate surface area is 125 Å². The summed E-state index contributed by atoms with van der Waals surface area (Å²) in [5, 5.41) is 0. The maximum absolute atomic E-state index is 3.44. The van der Waals surface area contributed by atoms with Gasteiger partial charge in [0.2, 0.25) is 0 Å². The van der Waals surface area contributed by atoms with Crippen LogP contribution in [0.1, 0.15) is 11.1 Å². The first kappa shape index (κ1) is 13.6. The monoisotopic (exact) mass is 364 g/mol. The second kappa shape index (κ2) is 6.91. The molecule has 0 saturated heterocycles. The highest BCUT2D eigenvalue weighted by molar-refractivity contribution is 9.10. The van der Waals surface area contributed by atoms with Crippen molar-refractivity contribution in [3.05, 3.63) is 80.8 Å². The molecule has 0 saturated carbocycles. The van der Waals surface area contributed by atoms with Crippen molar-refractivity contribution in [3.8, 4) is 0 Å². The van der Waals surface area contributed by atoms with Crippen molar-refractivity contribution in [2.45, 2.75) is 12.8 Å². The van der Waals surface area contributed by atoms with E-state index in [4.69, 9.17) is 0 Å². The second-order valence-corrected chi connectivity index (χ2v) is 5.96. The highest BCUT2D eigenvalue weighted by atomic mass is 79.9. The predicted octanol–water partition coefficient (Wildman–Crippen LogP) is 5.55. The van der Waals surface area contributed by atoms with Gasteiger partial charge in [-0.1, -0.05) is 68.3 Å². The van der Waals surface area contributed by atoms with Gasteiger partial charge in [-0.2, -0.15) is 0 Å². The molecule has 92 valence electrons. The molecule has 0 heterocycles. The van der Waals surface area contributed by atoms with E-state index in [2.05, 4.69) is 92.5 Å². The minimum Gasteiger partial charge on any atom is -0.0838 e. The molecule has 0 N–H and O–H groups in total. The summed E-state index contributed by atoms with van der Waals surface area (Å²) in [7, 11) is 0. The topological polar surface area (TPSA) is 0 Å². The summed E-state index contributed by atoms with van der Waals surface area (Å²) in [5.41, 5.74) is 2.68. The number of hydrogen-bond donors (Lipinski definition) is 0. The van der Waals surface area contributed by atoms with E-state index in [1.807, 2.05) is 0 Å². The van der Waals surface area contributed by atoms with Crippen LogP contribution in [-0.2, 0) is 12.8 Å². The van der Waals surface area contributed by atoms with E-state index in [9.17, 15) is 0 Å². The highest BCUT2D eigenvalue weighted by Crippen LogP contribution is 2.12. The number of halogens is 2. The smallest absolute Gasteiger partial charge is 0.0175 e. The molecule has 0 aliphatic heterocycles. The fourth-order valence-electron chi connectivity index (χ4n) is 1.68. The quantitative estimate of drug-likeness (QED) is 0.623. The molecule has 2 rings (SSSR count). The molecular formula is C16H14Br2. The maximum Gasteiger partial charge on any atom is 0.0175 e. The Morgan fingerprint density at radius 3 is 1.28 bits per heavy atom. The fraction of sp³-hybridized carbons (Fsp3) is 0.125. The summed E-state index contributed by atoms with van der Waals surface area (Å²) in [5.74, 6) is 0. The number of allylic oxidation sites excluding steroid dienone is 2. The molecule has 0 spiro atoms.